The van der Waals surface area contributed by atoms with Crippen LogP contribution in [0.2, 0.25) is 0 Å². The summed E-state index contributed by atoms with van der Waals surface area (Å²) >= 11 is 0. The lowest BCUT2D eigenvalue weighted by Gasteiger charge is -2.30. The van der Waals surface area contributed by atoms with Gasteiger partial charge in [0.25, 0.3) is 0 Å². The lowest BCUT2D eigenvalue weighted by atomic mass is 9.93. The summed E-state index contributed by atoms with van der Waals surface area (Å²) in [5.74, 6) is -0.248. The van der Waals surface area contributed by atoms with Crippen molar-refractivity contribution >= 4 is 16.8 Å². The number of ether oxygens (including phenoxy) is 1. The minimum absolute atomic E-state index is 0.122. The second-order valence-electron chi connectivity index (χ2n) is 9.80. The van der Waals surface area contributed by atoms with Crippen molar-refractivity contribution in [1.82, 2.24) is 15.1 Å². The summed E-state index contributed by atoms with van der Waals surface area (Å²) in [7, 11) is 0. The van der Waals surface area contributed by atoms with Gasteiger partial charge < -0.3 is 10.1 Å². The molecule has 0 spiro atoms. The molecule has 0 saturated carbocycles. The second kappa shape index (κ2) is 9.49. The van der Waals surface area contributed by atoms with Crippen LogP contribution >= 0.6 is 0 Å². The van der Waals surface area contributed by atoms with Crippen LogP contribution in [-0.2, 0) is 4.79 Å². The molecule has 0 saturated heterocycles. The zero-order valence-corrected chi connectivity index (χ0v) is 20.5. The predicted octanol–water partition coefficient (Wildman–Crippen LogP) is 6.28. The summed E-state index contributed by atoms with van der Waals surface area (Å²) in [6.07, 6.45) is 1.08. The van der Waals surface area contributed by atoms with Gasteiger partial charge in [0.2, 0.25) is 5.91 Å². The Bertz CT molecular complexity index is 1360. The van der Waals surface area contributed by atoms with Gasteiger partial charge in [0, 0.05) is 16.4 Å². The lowest BCUT2D eigenvalue weighted by molar-refractivity contribution is -0.129. The highest BCUT2D eigenvalue weighted by Crippen LogP contribution is 2.31. The number of carbonyl (C=O) groups excluding carboxylic acids is 1. The first-order chi connectivity index (χ1) is 16.5. The van der Waals surface area contributed by atoms with Gasteiger partial charge in [-0.1, -0.05) is 26.8 Å². The molecule has 7 heteroatoms. The monoisotopic (exact) mass is 477 g/mol. The number of halogens is 2. The van der Waals surface area contributed by atoms with E-state index in [4.69, 9.17) is 4.74 Å². The Kier molecular flexibility index (Phi) is 6.61. The van der Waals surface area contributed by atoms with Crippen molar-refractivity contribution in [3.63, 3.8) is 0 Å². The molecular formula is C28H29F2N3O2. The lowest BCUT2D eigenvalue weighted by Crippen LogP contribution is -2.44. The Labute approximate surface area is 203 Å². The summed E-state index contributed by atoms with van der Waals surface area (Å²) in [4.78, 5) is 12.7. The fraction of sp³-hybridized carbons (Fsp3) is 0.286. The second-order valence-corrected chi connectivity index (χ2v) is 9.80. The van der Waals surface area contributed by atoms with Crippen LogP contribution < -0.4 is 10.1 Å². The molecule has 1 aromatic heterocycles. The number of aromatic nitrogens is 2. The van der Waals surface area contributed by atoms with Crippen molar-refractivity contribution in [1.29, 1.82) is 0 Å². The van der Waals surface area contributed by atoms with Gasteiger partial charge in [-0.25, -0.2) is 13.5 Å². The highest BCUT2D eigenvalue weighted by molar-refractivity contribution is 5.82. The third-order valence-electron chi connectivity index (χ3n) is 5.92. The molecule has 3 aromatic carbocycles. The first-order valence-corrected chi connectivity index (χ1v) is 11.5. The van der Waals surface area contributed by atoms with Gasteiger partial charge in [-0.3, -0.25) is 4.79 Å². The van der Waals surface area contributed by atoms with E-state index in [-0.39, 0.29) is 17.5 Å². The Morgan fingerprint density at radius 1 is 1.00 bits per heavy atom. The SMILES string of the molecule is Cc1ccc(F)cc1[C@@H](Oc1ccc2c(cnn2-c2ccc(F)cc2)c1)[C@H](C)NC(=O)C(C)(C)C. The van der Waals surface area contributed by atoms with Crippen molar-refractivity contribution in [2.24, 2.45) is 5.41 Å². The van der Waals surface area contributed by atoms with Gasteiger partial charge in [-0.15, -0.1) is 0 Å². The standard InChI is InChI=1S/C28H29F2N3O2/c1-17-6-7-21(30)15-24(17)26(18(2)32-27(34)28(3,4)5)35-23-12-13-25-19(14-23)16-31-33(25)22-10-8-20(29)9-11-22/h6-16,18,26H,1-5H3,(H,32,34)/t18-,26-/m0/s1. The van der Waals surface area contributed by atoms with E-state index >= 15 is 0 Å². The zero-order chi connectivity index (χ0) is 25.3. The molecule has 0 aliphatic rings. The van der Waals surface area contributed by atoms with Gasteiger partial charge in [0.15, 0.2) is 0 Å². The number of aryl methyl sites for hydroxylation is 1. The van der Waals surface area contributed by atoms with Crippen LogP contribution in [0.1, 0.15) is 44.9 Å². The van der Waals surface area contributed by atoms with Crippen LogP contribution in [0.15, 0.2) is 66.9 Å². The molecule has 1 heterocycles. The molecule has 0 fully saturated rings. The van der Waals surface area contributed by atoms with E-state index in [0.717, 1.165) is 22.2 Å². The van der Waals surface area contributed by atoms with Crippen LogP contribution in [0, 0.1) is 24.0 Å². The first-order valence-electron chi connectivity index (χ1n) is 11.5. The maximum Gasteiger partial charge on any atom is 0.225 e. The van der Waals surface area contributed by atoms with Crippen LogP contribution in [-0.4, -0.2) is 21.7 Å². The number of hydrogen-bond acceptors (Lipinski definition) is 3. The first kappa shape index (κ1) is 24.4. The molecule has 1 amide bonds. The van der Waals surface area contributed by atoms with E-state index < -0.39 is 17.6 Å². The van der Waals surface area contributed by atoms with Gasteiger partial charge in [0.1, 0.15) is 23.5 Å². The van der Waals surface area contributed by atoms with Crippen molar-refractivity contribution in [2.45, 2.75) is 46.8 Å². The maximum atomic E-state index is 14.2. The number of nitrogens with zero attached hydrogens (tertiary/aromatic N) is 2. The molecule has 4 aromatic rings. The third-order valence-corrected chi connectivity index (χ3v) is 5.92. The number of amides is 1. The zero-order valence-electron chi connectivity index (χ0n) is 20.5. The van der Waals surface area contributed by atoms with Crippen LogP contribution in [0.4, 0.5) is 8.78 Å². The fourth-order valence-corrected chi connectivity index (χ4v) is 3.87. The molecular weight excluding hydrogens is 448 g/mol. The van der Waals surface area contributed by atoms with E-state index in [0.29, 0.717) is 11.3 Å². The Morgan fingerprint density at radius 3 is 2.37 bits per heavy atom. The number of carbonyl (C=O) groups is 1. The Morgan fingerprint density at radius 2 is 1.69 bits per heavy atom. The Hall–Kier alpha value is -3.74. The molecule has 2 atom stereocenters. The summed E-state index contributed by atoms with van der Waals surface area (Å²) in [5, 5.41) is 8.28. The molecule has 182 valence electrons. The predicted molar refractivity (Wildman–Crippen MR) is 133 cm³/mol. The molecule has 5 nitrogen and oxygen atoms in total. The van der Waals surface area contributed by atoms with E-state index in [2.05, 4.69) is 10.4 Å². The smallest absolute Gasteiger partial charge is 0.225 e. The number of fused-ring (bicyclic) bond motifs is 1. The summed E-state index contributed by atoms with van der Waals surface area (Å²) in [6.45, 7) is 9.25. The Balaban J connectivity index is 1.68. The van der Waals surface area contributed by atoms with E-state index in [9.17, 15) is 13.6 Å². The van der Waals surface area contributed by atoms with Crippen LogP contribution in [0.25, 0.3) is 16.6 Å². The highest BCUT2D eigenvalue weighted by atomic mass is 19.1. The topological polar surface area (TPSA) is 56.1 Å². The number of nitrogens with one attached hydrogen (secondary N) is 1. The van der Waals surface area contributed by atoms with Crippen molar-refractivity contribution in [3.8, 4) is 11.4 Å². The normalized spacial score (nSPS) is 13.5. The molecule has 0 aliphatic carbocycles. The van der Waals surface area contributed by atoms with Crippen molar-refractivity contribution in [2.75, 3.05) is 0 Å². The molecule has 1 N–H and O–H groups in total. The van der Waals surface area contributed by atoms with Crippen molar-refractivity contribution < 1.29 is 18.3 Å². The van der Waals surface area contributed by atoms with E-state index in [1.165, 1.54) is 24.3 Å². The third kappa shape index (κ3) is 5.34. The largest absolute Gasteiger partial charge is 0.484 e. The minimum atomic E-state index is -0.624. The molecule has 0 aliphatic heterocycles. The molecule has 4 rings (SSSR count). The fourth-order valence-electron chi connectivity index (χ4n) is 3.87. The van der Waals surface area contributed by atoms with Gasteiger partial charge in [-0.05, 0) is 74.0 Å². The molecule has 0 bridgehead atoms. The number of rotatable bonds is 6. The van der Waals surface area contributed by atoms with Gasteiger partial charge in [-0.2, -0.15) is 5.10 Å². The average Bonchev–Trinajstić information content (AvgIpc) is 3.22. The molecule has 0 unspecified atom stereocenters. The minimum Gasteiger partial charge on any atom is -0.484 e. The average molecular weight is 478 g/mol. The summed E-state index contributed by atoms with van der Waals surface area (Å²) in [5.41, 5.74) is 2.51. The van der Waals surface area contributed by atoms with E-state index in [1.807, 2.05) is 52.8 Å². The maximum absolute atomic E-state index is 14.2. The molecule has 35 heavy (non-hydrogen) atoms. The number of benzene rings is 3. The van der Waals surface area contributed by atoms with Crippen molar-refractivity contribution in [3.05, 3.63) is 89.6 Å². The summed E-state index contributed by atoms with van der Waals surface area (Å²) < 4.78 is 35.6. The van der Waals surface area contributed by atoms with Crippen LogP contribution in [0.3, 0.4) is 0 Å². The van der Waals surface area contributed by atoms with E-state index in [1.54, 1.807) is 29.1 Å². The van der Waals surface area contributed by atoms with Gasteiger partial charge >= 0.3 is 0 Å². The molecule has 0 radical (unpaired) electrons. The van der Waals surface area contributed by atoms with Crippen LogP contribution in [0.5, 0.6) is 5.75 Å². The number of hydrogen-bond donors (Lipinski definition) is 1. The van der Waals surface area contributed by atoms with Gasteiger partial charge in [0.05, 0.1) is 23.4 Å². The quantitative estimate of drug-likeness (QED) is 0.355. The summed E-state index contributed by atoms with van der Waals surface area (Å²) in [6, 6.07) is 15.8. The highest BCUT2D eigenvalue weighted by Gasteiger charge is 2.29.